The fourth-order valence-corrected chi connectivity index (χ4v) is 2.70. The molecule has 0 amide bonds. The van der Waals surface area contributed by atoms with Gasteiger partial charge < -0.3 is 10.1 Å². The third-order valence-corrected chi connectivity index (χ3v) is 3.61. The van der Waals surface area contributed by atoms with Crippen LogP contribution in [0.1, 0.15) is 17.9 Å². The highest BCUT2D eigenvalue weighted by atomic mass is 16.5. The molecule has 0 aliphatic carbocycles. The van der Waals surface area contributed by atoms with Gasteiger partial charge in [0.1, 0.15) is 0 Å². The second kappa shape index (κ2) is 4.46. The number of hydrogen-bond donors (Lipinski definition) is 1. The lowest BCUT2D eigenvalue weighted by Gasteiger charge is -2.05. The Bertz CT molecular complexity index is 582. The van der Waals surface area contributed by atoms with Crippen molar-refractivity contribution in [2.45, 2.75) is 12.3 Å². The van der Waals surface area contributed by atoms with Crippen molar-refractivity contribution in [2.75, 3.05) is 20.2 Å². The normalized spacial score (nSPS) is 19.3. The van der Waals surface area contributed by atoms with Gasteiger partial charge in [-0.15, -0.1) is 0 Å². The zero-order valence-corrected chi connectivity index (χ0v) is 10.3. The van der Waals surface area contributed by atoms with E-state index in [2.05, 4.69) is 11.4 Å². The van der Waals surface area contributed by atoms with Crippen molar-refractivity contribution in [1.82, 2.24) is 9.88 Å². The van der Waals surface area contributed by atoms with Gasteiger partial charge in [0, 0.05) is 18.1 Å². The van der Waals surface area contributed by atoms with Crippen LogP contribution in [0, 0.1) is 0 Å². The van der Waals surface area contributed by atoms with Crippen LogP contribution >= 0.6 is 0 Å². The molecule has 0 spiro atoms. The molecule has 1 fully saturated rings. The van der Waals surface area contributed by atoms with Crippen LogP contribution in [0.25, 0.3) is 10.9 Å². The summed E-state index contributed by atoms with van der Waals surface area (Å²) in [7, 11) is 1.41. The van der Waals surface area contributed by atoms with Crippen molar-refractivity contribution in [1.29, 1.82) is 0 Å². The summed E-state index contributed by atoms with van der Waals surface area (Å²) in [5.41, 5.74) is 2.16. The predicted octanol–water partition coefficient (Wildman–Crippen LogP) is 2.33. The average Bonchev–Trinajstić information content (AvgIpc) is 3.04. The van der Waals surface area contributed by atoms with Crippen molar-refractivity contribution < 1.29 is 9.53 Å². The van der Waals surface area contributed by atoms with Gasteiger partial charge in [-0.2, -0.15) is 0 Å². The summed E-state index contributed by atoms with van der Waals surface area (Å²) < 4.78 is 6.43. The van der Waals surface area contributed by atoms with Gasteiger partial charge in [0.15, 0.2) is 0 Å². The summed E-state index contributed by atoms with van der Waals surface area (Å²) in [5.74, 6) is 0.487. The first-order chi connectivity index (χ1) is 8.81. The molecule has 18 heavy (non-hydrogen) atoms. The minimum atomic E-state index is -0.330. The molecule has 0 saturated carbocycles. The first kappa shape index (κ1) is 11.3. The Kier molecular flexibility index (Phi) is 2.80. The van der Waals surface area contributed by atoms with Crippen LogP contribution in [-0.2, 0) is 4.74 Å². The number of rotatable bonds is 1. The van der Waals surface area contributed by atoms with Crippen LogP contribution in [0.15, 0.2) is 30.5 Å². The molecule has 1 aromatic carbocycles. The van der Waals surface area contributed by atoms with Crippen LogP contribution in [0.5, 0.6) is 0 Å². The highest BCUT2D eigenvalue weighted by molar-refractivity contribution is 5.92. The van der Waals surface area contributed by atoms with E-state index in [4.69, 9.17) is 4.74 Å². The Morgan fingerprint density at radius 3 is 3.00 bits per heavy atom. The fraction of sp³-hybridized carbons (Fsp3) is 0.357. The summed E-state index contributed by atoms with van der Waals surface area (Å²) in [6.45, 7) is 2.03. The molecular formula is C14H16N2O2. The number of fused-ring (bicyclic) bond motifs is 1. The van der Waals surface area contributed by atoms with E-state index in [0.717, 1.165) is 30.4 Å². The summed E-state index contributed by atoms with van der Waals surface area (Å²) in [5, 5.41) is 4.51. The van der Waals surface area contributed by atoms with E-state index in [9.17, 15) is 4.79 Å². The van der Waals surface area contributed by atoms with Crippen molar-refractivity contribution in [3.63, 3.8) is 0 Å². The SMILES string of the molecule is COC(=O)n1cc(C2CCNC2)c2ccccc21. The Labute approximate surface area is 106 Å². The van der Waals surface area contributed by atoms with Gasteiger partial charge >= 0.3 is 6.09 Å². The highest BCUT2D eigenvalue weighted by Crippen LogP contribution is 2.31. The first-order valence-electron chi connectivity index (χ1n) is 6.20. The molecule has 1 aliphatic rings. The van der Waals surface area contributed by atoms with E-state index in [-0.39, 0.29) is 6.09 Å². The molecule has 1 aromatic heterocycles. The standard InChI is InChI=1S/C14H16N2O2/c1-18-14(17)16-9-12(10-6-7-15-8-10)11-4-2-3-5-13(11)16/h2-5,9-10,15H,6-8H2,1H3. The lowest BCUT2D eigenvalue weighted by atomic mass is 9.98. The van der Waals surface area contributed by atoms with Gasteiger partial charge in [0.05, 0.1) is 12.6 Å². The predicted molar refractivity (Wildman–Crippen MR) is 70.0 cm³/mol. The number of hydrogen-bond acceptors (Lipinski definition) is 3. The summed E-state index contributed by atoms with van der Waals surface area (Å²) >= 11 is 0. The summed E-state index contributed by atoms with van der Waals surface area (Å²) in [4.78, 5) is 11.8. The van der Waals surface area contributed by atoms with Gasteiger partial charge in [-0.1, -0.05) is 18.2 Å². The van der Waals surface area contributed by atoms with Gasteiger partial charge in [0.2, 0.25) is 0 Å². The topological polar surface area (TPSA) is 43.3 Å². The van der Waals surface area contributed by atoms with E-state index in [0.29, 0.717) is 5.92 Å². The number of aromatic nitrogens is 1. The van der Waals surface area contributed by atoms with Crippen molar-refractivity contribution in [2.24, 2.45) is 0 Å². The number of para-hydroxylation sites is 1. The molecule has 1 aliphatic heterocycles. The van der Waals surface area contributed by atoms with E-state index in [1.807, 2.05) is 24.4 Å². The van der Waals surface area contributed by atoms with E-state index < -0.39 is 0 Å². The molecule has 94 valence electrons. The van der Waals surface area contributed by atoms with Crippen LogP contribution < -0.4 is 5.32 Å². The molecule has 3 rings (SSSR count). The number of carbonyl (C=O) groups is 1. The third-order valence-electron chi connectivity index (χ3n) is 3.61. The smallest absolute Gasteiger partial charge is 0.418 e. The number of nitrogens with one attached hydrogen (secondary N) is 1. The van der Waals surface area contributed by atoms with Crippen LogP contribution in [0.3, 0.4) is 0 Å². The zero-order chi connectivity index (χ0) is 12.5. The van der Waals surface area contributed by atoms with Crippen LogP contribution in [-0.4, -0.2) is 30.9 Å². The molecular weight excluding hydrogens is 228 g/mol. The van der Waals surface area contributed by atoms with E-state index in [1.165, 1.54) is 12.7 Å². The molecule has 2 aromatic rings. The minimum Gasteiger partial charge on any atom is -0.452 e. The molecule has 1 N–H and O–H groups in total. The Morgan fingerprint density at radius 1 is 1.44 bits per heavy atom. The molecule has 4 nitrogen and oxygen atoms in total. The molecule has 4 heteroatoms. The molecule has 1 saturated heterocycles. The molecule has 1 atom stereocenters. The number of nitrogens with zero attached hydrogens (tertiary/aromatic N) is 1. The lowest BCUT2D eigenvalue weighted by Crippen LogP contribution is -2.10. The first-order valence-corrected chi connectivity index (χ1v) is 6.20. The van der Waals surface area contributed by atoms with Crippen LogP contribution in [0.4, 0.5) is 4.79 Å². The van der Waals surface area contributed by atoms with Gasteiger partial charge in [-0.3, -0.25) is 4.57 Å². The number of carbonyl (C=O) groups excluding carboxylic acids is 1. The highest BCUT2D eigenvalue weighted by Gasteiger charge is 2.22. The van der Waals surface area contributed by atoms with Gasteiger partial charge in [-0.25, -0.2) is 4.79 Å². The number of benzene rings is 1. The number of ether oxygens (including phenoxy) is 1. The van der Waals surface area contributed by atoms with Crippen molar-refractivity contribution in [3.05, 3.63) is 36.0 Å². The maximum absolute atomic E-state index is 11.8. The van der Waals surface area contributed by atoms with E-state index >= 15 is 0 Å². The zero-order valence-electron chi connectivity index (χ0n) is 10.3. The maximum atomic E-state index is 11.8. The summed E-state index contributed by atoms with van der Waals surface area (Å²) in [6, 6.07) is 7.98. The van der Waals surface area contributed by atoms with Gasteiger partial charge in [-0.05, 0) is 30.5 Å². The van der Waals surface area contributed by atoms with E-state index in [1.54, 1.807) is 4.57 Å². The average molecular weight is 244 g/mol. The third kappa shape index (κ3) is 1.69. The number of methoxy groups -OCH3 is 1. The molecule has 0 bridgehead atoms. The molecule has 2 heterocycles. The minimum absolute atomic E-state index is 0.330. The molecule has 1 unspecified atom stereocenters. The van der Waals surface area contributed by atoms with Crippen molar-refractivity contribution in [3.8, 4) is 0 Å². The van der Waals surface area contributed by atoms with Crippen LogP contribution in [0.2, 0.25) is 0 Å². The lowest BCUT2D eigenvalue weighted by molar-refractivity contribution is 0.174. The second-order valence-corrected chi connectivity index (χ2v) is 4.63. The quantitative estimate of drug-likeness (QED) is 0.837. The largest absolute Gasteiger partial charge is 0.452 e. The maximum Gasteiger partial charge on any atom is 0.418 e. The molecule has 0 radical (unpaired) electrons. The van der Waals surface area contributed by atoms with Crippen molar-refractivity contribution >= 4 is 17.0 Å². The Morgan fingerprint density at radius 2 is 2.28 bits per heavy atom. The Balaban J connectivity index is 2.16. The second-order valence-electron chi connectivity index (χ2n) is 4.63. The fourth-order valence-electron chi connectivity index (χ4n) is 2.70. The Hall–Kier alpha value is -1.81. The van der Waals surface area contributed by atoms with Gasteiger partial charge in [0.25, 0.3) is 0 Å². The summed E-state index contributed by atoms with van der Waals surface area (Å²) in [6.07, 6.45) is 2.71. The monoisotopic (exact) mass is 244 g/mol.